The molecule has 0 aliphatic carbocycles. The first kappa shape index (κ1) is 12.8. The normalized spacial score (nSPS) is 18.7. The highest BCUT2D eigenvalue weighted by molar-refractivity contribution is 8.14. The van der Waals surface area contributed by atoms with Gasteiger partial charge in [0.25, 0.3) is 5.91 Å². The van der Waals surface area contributed by atoms with Gasteiger partial charge in [0.1, 0.15) is 12.0 Å². The van der Waals surface area contributed by atoms with Crippen molar-refractivity contribution in [1.82, 2.24) is 15.3 Å². The standard InChI is InChI=1S/C11H13N3O3S/c1-2-17-9-5-8(12-6-13-9)10(15)14-7-3-4-18-11(7)16/h5-7H,2-4H2,1H3,(H,14,15). The van der Waals surface area contributed by atoms with Gasteiger partial charge in [-0.2, -0.15) is 0 Å². The predicted molar refractivity (Wildman–Crippen MR) is 66.5 cm³/mol. The fourth-order valence-electron chi connectivity index (χ4n) is 1.55. The Morgan fingerprint density at radius 3 is 3.11 bits per heavy atom. The minimum absolute atomic E-state index is 0.00226. The van der Waals surface area contributed by atoms with Crippen LogP contribution < -0.4 is 10.1 Å². The molecule has 1 N–H and O–H groups in total. The summed E-state index contributed by atoms with van der Waals surface area (Å²) in [5.41, 5.74) is 0.207. The zero-order chi connectivity index (χ0) is 13.0. The molecule has 1 fully saturated rings. The van der Waals surface area contributed by atoms with Gasteiger partial charge in [0.2, 0.25) is 11.0 Å². The smallest absolute Gasteiger partial charge is 0.270 e. The summed E-state index contributed by atoms with van der Waals surface area (Å²) in [7, 11) is 0. The molecule has 1 aliphatic heterocycles. The van der Waals surface area contributed by atoms with Gasteiger partial charge >= 0.3 is 0 Å². The lowest BCUT2D eigenvalue weighted by Gasteiger charge is -2.09. The van der Waals surface area contributed by atoms with Crippen molar-refractivity contribution in [3.63, 3.8) is 0 Å². The van der Waals surface area contributed by atoms with Crippen LogP contribution in [0, 0.1) is 0 Å². The minimum atomic E-state index is -0.409. The SMILES string of the molecule is CCOc1cc(C(=O)NC2CCSC2=O)ncn1. The van der Waals surface area contributed by atoms with Crippen molar-refractivity contribution in [1.29, 1.82) is 0 Å². The molecule has 1 aliphatic rings. The van der Waals surface area contributed by atoms with Crippen LogP contribution in [0.5, 0.6) is 5.88 Å². The first-order valence-corrected chi connectivity index (χ1v) is 6.61. The van der Waals surface area contributed by atoms with Gasteiger partial charge in [0, 0.05) is 11.8 Å². The molecule has 18 heavy (non-hydrogen) atoms. The maximum atomic E-state index is 11.9. The molecule has 1 unspecified atom stereocenters. The molecule has 0 bridgehead atoms. The van der Waals surface area contributed by atoms with Crippen molar-refractivity contribution in [2.45, 2.75) is 19.4 Å². The molecule has 0 saturated carbocycles. The van der Waals surface area contributed by atoms with E-state index in [1.54, 1.807) is 0 Å². The lowest BCUT2D eigenvalue weighted by Crippen LogP contribution is -2.37. The maximum Gasteiger partial charge on any atom is 0.270 e. The number of hydrogen-bond donors (Lipinski definition) is 1. The maximum absolute atomic E-state index is 11.9. The van der Waals surface area contributed by atoms with Gasteiger partial charge in [-0.25, -0.2) is 9.97 Å². The molecule has 7 heteroatoms. The van der Waals surface area contributed by atoms with Gasteiger partial charge in [0.15, 0.2) is 0 Å². The third-order valence-electron chi connectivity index (χ3n) is 2.41. The van der Waals surface area contributed by atoms with Crippen molar-refractivity contribution in [3.05, 3.63) is 18.1 Å². The molecule has 1 aromatic heterocycles. The number of carbonyl (C=O) groups is 2. The molecule has 0 aromatic carbocycles. The van der Waals surface area contributed by atoms with Crippen molar-refractivity contribution in [3.8, 4) is 5.88 Å². The molecule has 96 valence electrons. The van der Waals surface area contributed by atoms with Gasteiger partial charge in [-0.3, -0.25) is 9.59 Å². The van der Waals surface area contributed by atoms with Crippen LogP contribution in [0.4, 0.5) is 0 Å². The Kier molecular flexibility index (Phi) is 4.14. The molecule has 1 saturated heterocycles. The first-order chi connectivity index (χ1) is 8.70. The number of carbonyl (C=O) groups excluding carboxylic acids is 2. The Morgan fingerprint density at radius 2 is 2.44 bits per heavy atom. The van der Waals surface area contributed by atoms with Crippen LogP contribution >= 0.6 is 11.8 Å². The Balaban J connectivity index is 2.04. The van der Waals surface area contributed by atoms with E-state index in [0.717, 1.165) is 5.75 Å². The molecule has 2 heterocycles. The van der Waals surface area contributed by atoms with Crippen LogP contribution in [-0.4, -0.2) is 39.4 Å². The van der Waals surface area contributed by atoms with Gasteiger partial charge in [-0.05, 0) is 13.3 Å². The molecule has 1 atom stereocenters. The highest BCUT2D eigenvalue weighted by Gasteiger charge is 2.27. The van der Waals surface area contributed by atoms with Crippen LogP contribution in [0.3, 0.4) is 0 Å². The minimum Gasteiger partial charge on any atom is -0.478 e. The van der Waals surface area contributed by atoms with Gasteiger partial charge < -0.3 is 10.1 Å². The fraction of sp³-hybridized carbons (Fsp3) is 0.455. The van der Waals surface area contributed by atoms with Gasteiger partial charge in [-0.1, -0.05) is 11.8 Å². The summed E-state index contributed by atoms with van der Waals surface area (Å²) < 4.78 is 5.19. The number of nitrogens with zero attached hydrogens (tertiary/aromatic N) is 2. The van der Waals surface area contributed by atoms with Crippen molar-refractivity contribution in [2.75, 3.05) is 12.4 Å². The Labute approximate surface area is 109 Å². The zero-order valence-electron chi connectivity index (χ0n) is 9.88. The summed E-state index contributed by atoms with van der Waals surface area (Å²) in [4.78, 5) is 31.0. The average molecular weight is 267 g/mol. The van der Waals surface area contributed by atoms with Crippen molar-refractivity contribution in [2.24, 2.45) is 0 Å². The lowest BCUT2D eigenvalue weighted by molar-refractivity contribution is -0.112. The molecule has 0 radical (unpaired) electrons. The second-order valence-electron chi connectivity index (χ2n) is 3.66. The monoisotopic (exact) mass is 267 g/mol. The molecule has 2 rings (SSSR count). The van der Waals surface area contributed by atoms with Crippen LogP contribution in [0.15, 0.2) is 12.4 Å². The summed E-state index contributed by atoms with van der Waals surface area (Å²) in [5, 5.41) is 2.66. The summed E-state index contributed by atoms with van der Waals surface area (Å²) >= 11 is 1.24. The summed E-state index contributed by atoms with van der Waals surface area (Å²) in [6.07, 6.45) is 1.93. The number of hydrogen-bond acceptors (Lipinski definition) is 6. The second-order valence-corrected chi connectivity index (χ2v) is 4.76. The van der Waals surface area contributed by atoms with Gasteiger partial charge in [-0.15, -0.1) is 0 Å². The fourth-order valence-corrected chi connectivity index (χ4v) is 2.48. The van der Waals surface area contributed by atoms with Crippen LogP contribution in [0.25, 0.3) is 0 Å². The van der Waals surface area contributed by atoms with Crippen LogP contribution in [0.1, 0.15) is 23.8 Å². The van der Waals surface area contributed by atoms with E-state index in [4.69, 9.17) is 4.74 Å². The number of thioether (sulfide) groups is 1. The highest BCUT2D eigenvalue weighted by atomic mass is 32.2. The highest BCUT2D eigenvalue weighted by Crippen LogP contribution is 2.19. The summed E-state index contributed by atoms with van der Waals surface area (Å²) in [6.45, 7) is 2.30. The quantitative estimate of drug-likeness (QED) is 0.862. The van der Waals surface area contributed by atoms with E-state index in [-0.39, 0.29) is 16.7 Å². The number of aromatic nitrogens is 2. The Morgan fingerprint density at radius 1 is 1.61 bits per heavy atom. The Bertz CT molecular complexity index is 467. The molecular formula is C11H13N3O3S. The van der Waals surface area contributed by atoms with Crippen molar-refractivity contribution < 1.29 is 14.3 Å². The predicted octanol–water partition coefficient (Wildman–Crippen LogP) is 0.637. The van der Waals surface area contributed by atoms with Crippen LogP contribution in [0.2, 0.25) is 0 Å². The molecule has 0 spiro atoms. The van der Waals surface area contributed by atoms with E-state index in [1.807, 2.05) is 6.92 Å². The molecule has 1 aromatic rings. The van der Waals surface area contributed by atoms with E-state index in [2.05, 4.69) is 15.3 Å². The third kappa shape index (κ3) is 2.98. The largest absolute Gasteiger partial charge is 0.478 e. The summed E-state index contributed by atoms with van der Waals surface area (Å²) in [5.74, 6) is 0.724. The molecular weight excluding hydrogens is 254 g/mol. The number of ether oxygens (including phenoxy) is 1. The van der Waals surface area contributed by atoms with E-state index in [9.17, 15) is 9.59 Å². The molecule has 1 amide bonds. The first-order valence-electron chi connectivity index (χ1n) is 5.63. The third-order valence-corrected chi connectivity index (χ3v) is 3.42. The number of rotatable bonds is 4. The topological polar surface area (TPSA) is 81.2 Å². The van der Waals surface area contributed by atoms with E-state index < -0.39 is 6.04 Å². The Hall–Kier alpha value is -1.63. The van der Waals surface area contributed by atoms with E-state index in [0.29, 0.717) is 18.9 Å². The number of nitrogens with one attached hydrogen (secondary N) is 1. The van der Waals surface area contributed by atoms with E-state index >= 15 is 0 Å². The van der Waals surface area contributed by atoms with Crippen molar-refractivity contribution >= 4 is 22.8 Å². The lowest BCUT2D eigenvalue weighted by atomic mass is 10.2. The summed E-state index contributed by atoms with van der Waals surface area (Å²) in [6, 6.07) is 1.05. The second kappa shape index (κ2) is 5.81. The molecule has 6 nitrogen and oxygen atoms in total. The zero-order valence-corrected chi connectivity index (χ0v) is 10.7. The number of amides is 1. The average Bonchev–Trinajstić information content (AvgIpc) is 2.76. The van der Waals surface area contributed by atoms with E-state index in [1.165, 1.54) is 24.2 Å². The van der Waals surface area contributed by atoms with Gasteiger partial charge in [0.05, 0.1) is 12.6 Å². The van der Waals surface area contributed by atoms with Crippen LogP contribution in [-0.2, 0) is 4.79 Å².